The average Bonchev–Trinajstić information content (AvgIpc) is 3.00. The van der Waals surface area contributed by atoms with Crippen LogP contribution in [-0.2, 0) is 0 Å². The van der Waals surface area contributed by atoms with Crippen LogP contribution < -0.4 is 5.32 Å². The normalized spacial score (nSPS) is 19.4. The number of hydrogen-bond donors (Lipinski definition) is 1. The highest BCUT2D eigenvalue weighted by molar-refractivity contribution is 5.29. The van der Waals surface area contributed by atoms with Crippen molar-refractivity contribution in [3.05, 3.63) is 12.4 Å². The Kier molecular flexibility index (Phi) is 3.52. The topological polar surface area (TPSA) is 29.9 Å². The highest BCUT2D eigenvalue weighted by Gasteiger charge is 2.25. The summed E-state index contributed by atoms with van der Waals surface area (Å²) in [6.07, 6.45) is 9.08. The van der Waals surface area contributed by atoms with Crippen LogP contribution in [0.2, 0.25) is 0 Å². The van der Waals surface area contributed by atoms with Crippen molar-refractivity contribution in [1.29, 1.82) is 0 Å². The van der Waals surface area contributed by atoms with E-state index < -0.39 is 0 Å². The fraction of sp³-hybridized carbons (Fsp3) is 0.769. The molecule has 1 aromatic rings. The summed E-state index contributed by atoms with van der Waals surface area (Å²) in [4.78, 5) is 4.40. The summed E-state index contributed by atoms with van der Waals surface area (Å²) in [6, 6.07) is 1.22. The van der Waals surface area contributed by atoms with Crippen molar-refractivity contribution in [3.63, 3.8) is 0 Å². The lowest BCUT2D eigenvalue weighted by Crippen LogP contribution is -2.20. The van der Waals surface area contributed by atoms with Gasteiger partial charge in [0.2, 0.25) is 5.95 Å². The van der Waals surface area contributed by atoms with Crippen molar-refractivity contribution in [2.24, 2.45) is 5.92 Å². The van der Waals surface area contributed by atoms with E-state index in [4.69, 9.17) is 0 Å². The summed E-state index contributed by atoms with van der Waals surface area (Å²) in [5.41, 5.74) is 0. The van der Waals surface area contributed by atoms with E-state index in [1.165, 1.54) is 25.7 Å². The van der Waals surface area contributed by atoms with Crippen LogP contribution in [0.3, 0.4) is 0 Å². The number of nitrogens with one attached hydrogen (secondary N) is 1. The number of aromatic nitrogens is 2. The summed E-state index contributed by atoms with van der Waals surface area (Å²) < 4.78 is 2.28. The van der Waals surface area contributed by atoms with Crippen LogP contribution in [0.15, 0.2) is 12.4 Å². The lowest BCUT2D eigenvalue weighted by molar-refractivity contribution is 0.481. The van der Waals surface area contributed by atoms with Gasteiger partial charge in [0.15, 0.2) is 0 Å². The van der Waals surface area contributed by atoms with Crippen LogP contribution in [0.1, 0.15) is 52.5 Å². The molecule has 2 rings (SSSR count). The van der Waals surface area contributed by atoms with Gasteiger partial charge >= 0.3 is 0 Å². The minimum atomic E-state index is 0.509. The Bertz CT molecular complexity index is 328. The predicted octanol–water partition coefficient (Wildman–Crippen LogP) is 3.45. The average molecular weight is 221 g/mol. The molecule has 0 saturated heterocycles. The number of hydrogen-bond acceptors (Lipinski definition) is 2. The predicted molar refractivity (Wildman–Crippen MR) is 67.7 cm³/mol. The zero-order chi connectivity index (χ0) is 11.5. The highest BCUT2D eigenvalue weighted by Crippen LogP contribution is 2.36. The molecule has 2 unspecified atom stereocenters. The third kappa shape index (κ3) is 2.77. The highest BCUT2D eigenvalue weighted by atomic mass is 15.2. The first-order valence-corrected chi connectivity index (χ1v) is 6.50. The molecular formula is C13H23N3. The molecule has 0 spiro atoms. The quantitative estimate of drug-likeness (QED) is 0.797. The number of rotatable bonds is 6. The van der Waals surface area contributed by atoms with Gasteiger partial charge in [0.05, 0.1) is 0 Å². The standard InChI is InChI=1S/C13H23N3/c1-4-10(2)9-11(3)15-13-14-7-8-16(13)12-5-6-12/h7-8,10-12H,4-6,9H2,1-3H3,(H,14,15). The zero-order valence-electron chi connectivity index (χ0n) is 10.6. The molecule has 1 heterocycles. The van der Waals surface area contributed by atoms with E-state index in [-0.39, 0.29) is 0 Å². The largest absolute Gasteiger partial charge is 0.353 e. The van der Waals surface area contributed by atoms with Gasteiger partial charge < -0.3 is 9.88 Å². The monoisotopic (exact) mass is 221 g/mol. The Morgan fingerprint density at radius 1 is 1.50 bits per heavy atom. The van der Waals surface area contributed by atoms with E-state index in [9.17, 15) is 0 Å². The second-order valence-electron chi connectivity index (χ2n) is 5.18. The molecule has 90 valence electrons. The Morgan fingerprint density at radius 3 is 2.88 bits per heavy atom. The summed E-state index contributed by atoms with van der Waals surface area (Å²) in [5.74, 6) is 1.84. The number of imidazole rings is 1. The summed E-state index contributed by atoms with van der Waals surface area (Å²) >= 11 is 0. The number of anilines is 1. The van der Waals surface area contributed by atoms with Crippen molar-refractivity contribution in [2.75, 3.05) is 5.32 Å². The third-order valence-electron chi connectivity index (χ3n) is 3.44. The molecule has 0 amide bonds. The van der Waals surface area contributed by atoms with Gasteiger partial charge in [-0.1, -0.05) is 20.3 Å². The lowest BCUT2D eigenvalue weighted by Gasteiger charge is -2.18. The van der Waals surface area contributed by atoms with Crippen LogP contribution in [0, 0.1) is 5.92 Å². The van der Waals surface area contributed by atoms with E-state index >= 15 is 0 Å². The molecule has 0 bridgehead atoms. The fourth-order valence-electron chi connectivity index (χ4n) is 2.12. The molecule has 2 atom stereocenters. The van der Waals surface area contributed by atoms with Crippen LogP contribution in [0.4, 0.5) is 5.95 Å². The molecule has 3 nitrogen and oxygen atoms in total. The van der Waals surface area contributed by atoms with Gasteiger partial charge in [-0.25, -0.2) is 4.98 Å². The molecule has 1 fully saturated rings. The summed E-state index contributed by atoms with van der Waals surface area (Å²) in [6.45, 7) is 6.81. The van der Waals surface area contributed by atoms with Gasteiger partial charge in [-0.3, -0.25) is 0 Å². The van der Waals surface area contributed by atoms with E-state index in [1.807, 2.05) is 6.20 Å². The molecule has 3 heteroatoms. The first-order valence-electron chi connectivity index (χ1n) is 6.50. The Labute approximate surface area is 98.3 Å². The lowest BCUT2D eigenvalue weighted by atomic mass is 10.0. The molecule has 1 saturated carbocycles. The molecule has 1 aliphatic carbocycles. The van der Waals surface area contributed by atoms with Crippen LogP contribution in [0.25, 0.3) is 0 Å². The summed E-state index contributed by atoms with van der Waals surface area (Å²) in [7, 11) is 0. The molecule has 0 aromatic carbocycles. The first-order chi connectivity index (χ1) is 7.70. The second-order valence-corrected chi connectivity index (χ2v) is 5.18. The first kappa shape index (κ1) is 11.5. The maximum absolute atomic E-state index is 4.40. The van der Waals surface area contributed by atoms with Gasteiger partial charge in [-0.15, -0.1) is 0 Å². The molecule has 1 N–H and O–H groups in total. The van der Waals surface area contributed by atoms with Crippen molar-refractivity contribution >= 4 is 5.95 Å². The van der Waals surface area contributed by atoms with Crippen LogP contribution >= 0.6 is 0 Å². The molecule has 1 aromatic heterocycles. The van der Waals surface area contributed by atoms with E-state index in [0.29, 0.717) is 12.1 Å². The van der Waals surface area contributed by atoms with Gasteiger partial charge in [-0.2, -0.15) is 0 Å². The Balaban J connectivity index is 1.89. The van der Waals surface area contributed by atoms with Crippen molar-refractivity contribution < 1.29 is 0 Å². The van der Waals surface area contributed by atoms with E-state index in [1.54, 1.807) is 0 Å². The fourth-order valence-corrected chi connectivity index (χ4v) is 2.12. The van der Waals surface area contributed by atoms with Gasteiger partial charge in [0.25, 0.3) is 0 Å². The van der Waals surface area contributed by atoms with Gasteiger partial charge in [0, 0.05) is 24.5 Å². The van der Waals surface area contributed by atoms with Gasteiger partial charge in [-0.05, 0) is 32.1 Å². The maximum Gasteiger partial charge on any atom is 0.203 e. The Hall–Kier alpha value is -0.990. The van der Waals surface area contributed by atoms with Crippen molar-refractivity contribution in [2.45, 2.75) is 58.5 Å². The summed E-state index contributed by atoms with van der Waals surface area (Å²) in [5, 5.41) is 3.53. The second kappa shape index (κ2) is 4.89. The van der Waals surface area contributed by atoms with E-state index in [0.717, 1.165) is 11.9 Å². The van der Waals surface area contributed by atoms with Gasteiger partial charge in [0.1, 0.15) is 0 Å². The smallest absolute Gasteiger partial charge is 0.203 e. The third-order valence-corrected chi connectivity index (χ3v) is 3.44. The van der Waals surface area contributed by atoms with Crippen LogP contribution in [-0.4, -0.2) is 15.6 Å². The number of nitrogens with zero attached hydrogens (tertiary/aromatic N) is 2. The molecule has 16 heavy (non-hydrogen) atoms. The minimum Gasteiger partial charge on any atom is -0.353 e. The van der Waals surface area contributed by atoms with Crippen molar-refractivity contribution in [1.82, 2.24) is 9.55 Å². The SMILES string of the molecule is CCC(C)CC(C)Nc1nccn1C1CC1. The molecule has 1 aliphatic rings. The Morgan fingerprint density at radius 2 is 2.25 bits per heavy atom. The molecule has 0 radical (unpaired) electrons. The van der Waals surface area contributed by atoms with Crippen molar-refractivity contribution in [3.8, 4) is 0 Å². The maximum atomic E-state index is 4.40. The molecule has 0 aliphatic heterocycles. The van der Waals surface area contributed by atoms with Crippen LogP contribution in [0.5, 0.6) is 0 Å². The zero-order valence-corrected chi connectivity index (χ0v) is 10.6. The molecular weight excluding hydrogens is 198 g/mol. The van der Waals surface area contributed by atoms with E-state index in [2.05, 4.69) is 41.8 Å². The minimum absolute atomic E-state index is 0.509.